The summed E-state index contributed by atoms with van der Waals surface area (Å²) in [7, 11) is 0. The minimum Gasteiger partial charge on any atom is -0.309 e. The highest BCUT2D eigenvalue weighted by Crippen LogP contribution is 2.36. The van der Waals surface area contributed by atoms with Gasteiger partial charge in [0.05, 0.1) is 0 Å². The average Bonchev–Trinajstić information content (AvgIpc) is 2.46. The van der Waals surface area contributed by atoms with Crippen LogP contribution in [0, 0.1) is 5.82 Å². The van der Waals surface area contributed by atoms with Crippen molar-refractivity contribution in [1.82, 2.24) is 10.3 Å². The second kappa shape index (κ2) is 6.14. The van der Waals surface area contributed by atoms with Gasteiger partial charge in [0.15, 0.2) is 0 Å². The molecule has 1 aromatic heterocycles. The van der Waals surface area contributed by atoms with Crippen LogP contribution in [-0.4, -0.2) is 11.5 Å². The van der Waals surface area contributed by atoms with Crippen molar-refractivity contribution in [3.63, 3.8) is 0 Å². The van der Waals surface area contributed by atoms with E-state index in [4.69, 9.17) is 0 Å². The summed E-state index contributed by atoms with van der Waals surface area (Å²) in [6, 6.07) is 10.9. The first-order valence-corrected chi connectivity index (χ1v) is 6.95. The minimum absolute atomic E-state index is 0.131. The van der Waals surface area contributed by atoms with Crippen molar-refractivity contribution < 1.29 is 4.39 Å². The predicted molar refractivity (Wildman–Crippen MR) is 80.1 cm³/mol. The van der Waals surface area contributed by atoms with E-state index < -0.39 is 0 Å². The summed E-state index contributed by atoms with van der Waals surface area (Å²) in [5, 5.41) is 3.52. The number of pyridine rings is 1. The SMILES string of the molecule is CCNC(c1cccnc1)C(C)(C)c1ccc(F)cc1. The van der Waals surface area contributed by atoms with Crippen molar-refractivity contribution in [3.05, 3.63) is 65.7 Å². The molecule has 0 fully saturated rings. The molecule has 3 heteroatoms. The lowest BCUT2D eigenvalue weighted by atomic mass is 9.75. The van der Waals surface area contributed by atoms with E-state index in [2.05, 4.69) is 37.1 Å². The van der Waals surface area contributed by atoms with Gasteiger partial charge in [-0.1, -0.05) is 39.0 Å². The Balaban J connectivity index is 2.39. The third-order valence-corrected chi connectivity index (χ3v) is 3.74. The van der Waals surface area contributed by atoms with Crippen molar-refractivity contribution in [2.75, 3.05) is 6.54 Å². The molecule has 0 aliphatic carbocycles. The number of halogens is 1. The quantitative estimate of drug-likeness (QED) is 0.894. The lowest BCUT2D eigenvalue weighted by Gasteiger charge is -2.35. The van der Waals surface area contributed by atoms with Gasteiger partial charge in [-0.05, 0) is 35.9 Å². The van der Waals surface area contributed by atoms with Crippen LogP contribution >= 0.6 is 0 Å². The molecular formula is C17H21FN2. The predicted octanol–water partition coefficient (Wildman–Crippen LogP) is 3.85. The molecule has 0 spiro atoms. The van der Waals surface area contributed by atoms with Gasteiger partial charge in [-0.3, -0.25) is 4.98 Å². The zero-order valence-electron chi connectivity index (χ0n) is 12.2. The van der Waals surface area contributed by atoms with E-state index in [0.29, 0.717) is 0 Å². The van der Waals surface area contributed by atoms with Gasteiger partial charge in [0.2, 0.25) is 0 Å². The smallest absolute Gasteiger partial charge is 0.123 e. The number of aromatic nitrogens is 1. The maximum atomic E-state index is 13.1. The molecule has 0 saturated carbocycles. The van der Waals surface area contributed by atoms with Crippen LogP contribution in [-0.2, 0) is 5.41 Å². The highest BCUT2D eigenvalue weighted by molar-refractivity contribution is 5.31. The number of nitrogens with zero attached hydrogens (tertiary/aromatic N) is 1. The Morgan fingerprint density at radius 3 is 2.45 bits per heavy atom. The van der Waals surface area contributed by atoms with Crippen LogP contribution in [0.5, 0.6) is 0 Å². The molecule has 2 nitrogen and oxygen atoms in total. The summed E-state index contributed by atoms with van der Waals surface area (Å²) < 4.78 is 13.1. The van der Waals surface area contributed by atoms with Gasteiger partial charge in [0.25, 0.3) is 0 Å². The summed E-state index contributed by atoms with van der Waals surface area (Å²) >= 11 is 0. The Morgan fingerprint density at radius 1 is 1.20 bits per heavy atom. The van der Waals surface area contributed by atoms with Crippen LogP contribution in [0.15, 0.2) is 48.8 Å². The van der Waals surface area contributed by atoms with Crippen LogP contribution in [0.3, 0.4) is 0 Å². The zero-order valence-corrected chi connectivity index (χ0v) is 12.2. The van der Waals surface area contributed by atoms with Gasteiger partial charge < -0.3 is 5.32 Å². The summed E-state index contributed by atoms with van der Waals surface area (Å²) in [4.78, 5) is 4.21. The Bertz CT molecular complexity index is 535. The van der Waals surface area contributed by atoms with Crippen molar-refractivity contribution >= 4 is 0 Å². The van der Waals surface area contributed by atoms with Crippen molar-refractivity contribution in [2.24, 2.45) is 0 Å². The second-order valence-corrected chi connectivity index (χ2v) is 5.51. The molecule has 2 rings (SSSR count). The maximum Gasteiger partial charge on any atom is 0.123 e. The lowest BCUT2D eigenvalue weighted by molar-refractivity contribution is 0.353. The molecule has 0 radical (unpaired) electrons. The number of benzene rings is 1. The summed E-state index contributed by atoms with van der Waals surface area (Å²) in [5.41, 5.74) is 2.09. The molecule has 106 valence electrons. The Hall–Kier alpha value is -1.74. The second-order valence-electron chi connectivity index (χ2n) is 5.51. The number of rotatable bonds is 5. The number of hydrogen-bond acceptors (Lipinski definition) is 2. The van der Waals surface area contributed by atoms with Gasteiger partial charge in [-0.15, -0.1) is 0 Å². The molecule has 20 heavy (non-hydrogen) atoms. The van der Waals surface area contributed by atoms with Crippen LogP contribution in [0.1, 0.15) is 37.9 Å². The fraction of sp³-hybridized carbons (Fsp3) is 0.353. The molecule has 0 bridgehead atoms. The molecule has 0 amide bonds. The summed E-state index contributed by atoms with van der Waals surface area (Å²) in [5.74, 6) is -0.203. The van der Waals surface area contributed by atoms with E-state index in [0.717, 1.165) is 17.7 Å². The van der Waals surface area contributed by atoms with Gasteiger partial charge in [0.1, 0.15) is 5.82 Å². The first kappa shape index (κ1) is 14.7. The summed E-state index contributed by atoms with van der Waals surface area (Å²) in [6.07, 6.45) is 3.66. The van der Waals surface area contributed by atoms with Gasteiger partial charge >= 0.3 is 0 Å². The van der Waals surface area contributed by atoms with E-state index in [9.17, 15) is 4.39 Å². The van der Waals surface area contributed by atoms with E-state index in [1.54, 1.807) is 6.20 Å². The highest BCUT2D eigenvalue weighted by Gasteiger charge is 2.32. The molecule has 0 saturated heterocycles. The largest absolute Gasteiger partial charge is 0.309 e. The van der Waals surface area contributed by atoms with Gasteiger partial charge in [0, 0.05) is 23.9 Å². The highest BCUT2D eigenvalue weighted by atomic mass is 19.1. The molecule has 1 atom stereocenters. The fourth-order valence-electron chi connectivity index (χ4n) is 2.59. The monoisotopic (exact) mass is 272 g/mol. The molecule has 0 aliphatic rings. The fourth-order valence-corrected chi connectivity index (χ4v) is 2.59. The Morgan fingerprint density at radius 2 is 1.90 bits per heavy atom. The molecule has 2 aromatic rings. The van der Waals surface area contributed by atoms with E-state index >= 15 is 0 Å². The lowest BCUT2D eigenvalue weighted by Crippen LogP contribution is -2.37. The van der Waals surface area contributed by atoms with Crippen molar-refractivity contribution in [1.29, 1.82) is 0 Å². The van der Waals surface area contributed by atoms with Crippen LogP contribution in [0.25, 0.3) is 0 Å². The van der Waals surface area contributed by atoms with Gasteiger partial charge in [-0.2, -0.15) is 0 Å². The van der Waals surface area contributed by atoms with Crippen LogP contribution in [0.4, 0.5) is 4.39 Å². The molecule has 1 N–H and O–H groups in total. The zero-order chi connectivity index (χ0) is 14.6. The normalized spacial score (nSPS) is 13.2. The summed E-state index contributed by atoms with van der Waals surface area (Å²) in [6.45, 7) is 7.29. The van der Waals surface area contributed by atoms with E-state index in [1.165, 1.54) is 12.1 Å². The third-order valence-electron chi connectivity index (χ3n) is 3.74. The number of nitrogens with one attached hydrogen (secondary N) is 1. The van der Waals surface area contributed by atoms with Crippen molar-refractivity contribution in [2.45, 2.75) is 32.2 Å². The average molecular weight is 272 g/mol. The number of hydrogen-bond donors (Lipinski definition) is 1. The van der Waals surface area contributed by atoms with Gasteiger partial charge in [-0.25, -0.2) is 4.39 Å². The topological polar surface area (TPSA) is 24.9 Å². The molecule has 1 aromatic carbocycles. The van der Waals surface area contributed by atoms with Crippen LogP contribution in [0.2, 0.25) is 0 Å². The third kappa shape index (κ3) is 3.05. The Kier molecular flexibility index (Phi) is 4.50. The standard InChI is InChI=1S/C17H21FN2/c1-4-20-16(13-6-5-11-19-12-13)17(2,3)14-7-9-15(18)10-8-14/h5-12,16,20H,4H2,1-3H3. The van der Waals surface area contributed by atoms with Crippen molar-refractivity contribution in [3.8, 4) is 0 Å². The van der Waals surface area contributed by atoms with E-state index in [1.807, 2.05) is 24.4 Å². The minimum atomic E-state index is -0.203. The maximum absolute atomic E-state index is 13.1. The Labute approximate surface area is 120 Å². The number of likely N-dealkylation sites (N-methyl/N-ethyl adjacent to an activating group) is 1. The molecular weight excluding hydrogens is 251 g/mol. The first-order chi connectivity index (χ1) is 9.55. The van der Waals surface area contributed by atoms with E-state index in [-0.39, 0.29) is 17.3 Å². The first-order valence-electron chi connectivity index (χ1n) is 6.95. The molecule has 0 aliphatic heterocycles. The van der Waals surface area contributed by atoms with Crippen LogP contribution < -0.4 is 5.32 Å². The molecule has 1 heterocycles. The molecule has 1 unspecified atom stereocenters.